The molecule has 1 saturated heterocycles. The van der Waals surface area contributed by atoms with Crippen LogP contribution in [0.1, 0.15) is 12.8 Å². The van der Waals surface area contributed by atoms with E-state index in [-0.39, 0.29) is 6.61 Å². The molecule has 0 spiro atoms. The Hall–Kier alpha value is -0.870. The summed E-state index contributed by atoms with van der Waals surface area (Å²) in [6.45, 7) is 1.99. The molecule has 0 saturated carbocycles. The number of rotatable bonds is 2. The van der Waals surface area contributed by atoms with Gasteiger partial charge in [-0.1, -0.05) is 11.6 Å². The molecule has 4 nitrogen and oxygen atoms in total. The fourth-order valence-corrected chi connectivity index (χ4v) is 2.01. The Bertz CT molecular complexity index is 334. The van der Waals surface area contributed by atoms with E-state index in [9.17, 15) is 0 Å². The summed E-state index contributed by atoms with van der Waals surface area (Å²) in [7, 11) is 0. The van der Waals surface area contributed by atoms with Crippen molar-refractivity contribution >= 4 is 17.5 Å². The molecular weight excluding hydrogens is 214 g/mol. The van der Waals surface area contributed by atoms with Crippen LogP contribution < -0.4 is 4.90 Å². The molecule has 2 rings (SSSR count). The highest BCUT2D eigenvalue weighted by atomic mass is 35.5. The maximum absolute atomic E-state index is 9.12. The SMILES string of the molecule is OC[C@H]1CCCN(c2nccc(Cl)n2)C1. The number of hydrogen-bond acceptors (Lipinski definition) is 4. The van der Waals surface area contributed by atoms with E-state index in [4.69, 9.17) is 16.7 Å². The number of halogens is 1. The van der Waals surface area contributed by atoms with Crippen LogP contribution in [0.3, 0.4) is 0 Å². The molecule has 0 aliphatic carbocycles. The fourth-order valence-electron chi connectivity index (χ4n) is 1.88. The van der Waals surface area contributed by atoms with E-state index in [0.29, 0.717) is 17.0 Å². The van der Waals surface area contributed by atoms with Crippen LogP contribution in [0.2, 0.25) is 5.15 Å². The third-order valence-electron chi connectivity index (χ3n) is 2.67. The van der Waals surface area contributed by atoms with E-state index in [0.717, 1.165) is 25.9 Å². The maximum Gasteiger partial charge on any atom is 0.226 e. The van der Waals surface area contributed by atoms with Gasteiger partial charge in [0.1, 0.15) is 5.15 Å². The van der Waals surface area contributed by atoms with Crippen LogP contribution in [-0.2, 0) is 0 Å². The lowest BCUT2D eigenvalue weighted by Crippen LogP contribution is -2.37. The molecule has 82 valence electrons. The second-order valence-electron chi connectivity index (χ2n) is 3.82. The van der Waals surface area contributed by atoms with Crippen molar-refractivity contribution in [2.75, 3.05) is 24.6 Å². The lowest BCUT2D eigenvalue weighted by Gasteiger charge is -2.31. The van der Waals surface area contributed by atoms with E-state index in [2.05, 4.69) is 14.9 Å². The molecule has 0 amide bonds. The minimum absolute atomic E-state index is 0.233. The quantitative estimate of drug-likeness (QED) is 0.775. The average Bonchev–Trinajstić information content (AvgIpc) is 2.29. The van der Waals surface area contributed by atoms with Crippen molar-refractivity contribution in [2.45, 2.75) is 12.8 Å². The normalized spacial score (nSPS) is 21.7. The zero-order valence-corrected chi connectivity index (χ0v) is 9.19. The van der Waals surface area contributed by atoms with Gasteiger partial charge in [-0.15, -0.1) is 0 Å². The van der Waals surface area contributed by atoms with Gasteiger partial charge in [0.05, 0.1) is 0 Å². The molecule has 5 heteroatoms. The van der Waals surface area contributed by atoms with Gasteiger partial charge in [0.2, 0.25) is 5.95 Å². The van der Waals surface area contributed by atoms with Crippen LogP contribution in [-0.4, -0.2) is 34.8 Å². The Morgan fingerprint density at radius 2 is 2.47 bits per heavy atom. The summed E-state index contributed by atoms with van der Waals surface area (Å²) < 4.78 is 0. The van der Waals surface area contributed by atoms with E-state index in [1.54, 1.807) is 12.3 Å². The van der Waals surface area contributed by atoms with E-state index >= 15 is 0 Å². The first kappa shape index (κ1) is 10.6. The molecule has 1 aromatic heterocycles. The molecule has 1 atom stereocenters. The van der Waals surface area contributed by atoms with Gasteiger partial charge in [0.25, 0.3) is 0 Å². The van der Waals surface area contributed by atoms with Crippen LogP contribution >= 0.6 is 11.6 Å². The smallest absolute Gasteiger partial charge is 0.226 e. The predicted molar refractivity (Wildman–Crippen MR) is 59.1 cm³/mol. The highest BCUT2D eigenvalue weighted by molar-refractivity contribution is 6.29. The van der Waals surface area contributed by atoms with Gasteiger partial charge >= 0.3 is 0 Å². The predicted octanol–water partition coefficient (Wildman–Crippen LogP) is 1.34. The number of aliphatic hydroxyl groups is 1. The molecule has 0 bridgehead atoms. The highest BCUT2D eigenvalue weighted by Crippen LogP contribution is 2.20. The van der Waals surface area contributed by atoms with Crippen LogP contribution in [0, 0.1) is 5.92 Å². The van der Waals surface area contributed by atoms with Crippen LogP contribution in [0.4, 0.5) is 5.95 Å². The minimum atomic E-state index is 0.233. The van der Waals surface area contributed by atoms with Gasteiger partial charge in [0.15, 0.2) is 0 Å². The van der Waals surface area contributed by atoms with Crippen LogP contribution in [0.5, 0.6) is 0 Å². The topological polar surface area (TPSA) is 49.2 Å². The number of nitrogens with zero attached hydrogens (tertiary/aromatic N) is 3. The molecule has 2 heterocycles. The summed E-state index contributed by atoms with van der Waals surface area (Å²) in [6.07, 6.45) is 3.81. The van der Waals surface area contributed by atoms with Gasteiger partial charge < -0.3 is 10.0 Å². The molecule has 1 aromatic rings. The highest BCUT2D eigenvalue weighted by Gasteiger charge is 2.20. The van der Waals surface area contributed by atoms with Crippen molar-refractivity contribution < 1.29 is 5.11 Å². The Morgan fingerprint density at radius 1 is 1.60 bits per heavy atom. The van der Waals surface area contributed by atoms with Crippen LogP contribution in [0.25, 0.3) is 0 Å². The van der Waals surface area contributed by atoms with Crippen molar-refractivity contribution in [1.29, 1.82) is 0 Å². The average molecular weight is 228 g/mol. The zero-order valence-electron chi connectivity index (χ0n) is 8.43. The molecule has 0 radical (unpaired) electrons. The summed E-state index contributed by atoms with van der Waals surface area (Å²) in [4.78, 5) is 10.4. The number of aliphatic hydroxyl groups excluding tert-OH is 1. The molecular formula is C10H14ClN3O. The minimum Gasteiger partial charge on any atom is -0.396 e. The largest absolute Gasteiger partial charge is 0.396 e. The summed E-state index contributed by atoms with van der Waals surface area (Å²) in [6, 6.07) is 1.67. The molecule has 1 aliphatic rings. The third kappa shape index (κ3) is 2.58. The van der Waals surface area contributed by atoms with E-state index in [1.165, 1.54) is 0 Å². The molecule has 15 heavy (non-hydrogen) atoms. The molecule has 1 aliphatic heterocycles. The van der Waals surface area contributed by atoms with E-state index < -0.39 is 0 Å². The number of hydrogen-bond donors (Lipinski definition) is 1. The summed E-state index contributed by atoms with van der Waals surface area (Å²) in [5, 5.41) is 9.58. The first-order valence-corrected chi connectivity index (χ1v) is 5.52. The van der Waals surface area contributed by atoms with Gasteiger partial charge in [-0.25, -0.2) is 9.97 Å². The Morgan fingerprint density at radius 3 is 3.20 bits per heavy atom. The zero-order chi connectivity index (χ0) is 10.7. The number of anilines is 1. The fraction of sp³-hybridized carbons (Fsp3) is 0.600. The summed E-state index contributed by atoms with van der Waals surface area (Å²) >= 11 is 5.81. The summed E-state index contributed by atoms with van der Waals surface area (Å²) in [5.41, 5.74) is 0. The maximum atomic E-state index is 9.12. The second kappa shape index (κ2) is 4.77. The molecule has 0 unspecified atom stereocenters. The Labute approximate surface area is 93.9 Å². The lowest BCUT2D eigenvalue weighted by molar-refractivity contribution is 0.208. The number of piperidine rings is 1. The first-order chi connectivity index (χ1) is 7.29. The third-order valence-corrected chi connectivity index (χ3v) is 2.88. The van der Waals surface area contributed by atoms with Crippen molar-refractivity contribution in [2.24, 2.45) is 5.92 Å². The van der Waals surface area contributed by atoms with Crippen LogP contribution in [0.15, 0.2) is 12.3 Å². The van der Waals surface area contributed by atoms with Crippen molar-refractivity contribution in [3.05, 3.63) is 17.4 Å². The van der Waals surface area contributed by atoms with Crippen molar-refractivity contribution in [3.63, 3.8) is 0 Å². The molecule has 1 N–H and O–H groups in total. The lowest BCUT2D eigenvalue weighted by atomic mass is 9.99. The van der Waals surface area contributed by atoms with Gasteiger partial charge in [-0.05, 0) is 24.8 Å². The molecule has 0 aromatic carbocycles. The standard InChI is InChI=1S/C10H14ClN3O/c11-9-3-4-12-10(13-9)14-5-1-2-8(6-14)7-15/h3-4,8,15H,1-2,5-7H2/t8-/m0/s1. The number of aromatic nitrogens is 2. The summed E-state index contributed by atoms with van der Waals surface area (Å²) in [5.74, 6) is 1.00. The first-order valence-electron chi connectivity index (χ1n) is 5.14. The van der Waals surface area contributed by atoms with Gasteiger partial charge in [-0.2, -0.15) is 0 Å². The van der Waals surface area contributed by atoms with Crippen molar-refractivity contribution in [3.8, 4) is 0 Å². The van der Waals surface area contributed by atoms with Crippen molar-refractivity contribution in [1.82, 2.24) is 9.97 Å². The van der Waals surface area contributed by atoms with Gasteiger partial charge in [0, 0.05) is 25.9 Å². The van der Waals surface area contributed by atoms with E-state index in [1.807, 2.05) is 0 Å². The Kier molecular flexibility index (Phi) is 3.38. The molecule has 1 fully saturated rings. The van der Waals surface area contributed by atoms with Gasteiger partial charge in [-0.3, -0.25) is 0 Å². The second-order valence-corrected chi connectivity index (χ2v) is 4.20. The monoisotopic (exact) mass is 227 g/mol. The Balaban J connectivity index is 2.09.